The molecule has 2 aromatic carbocycles. The monoisotopic (exact) mass is 303 g/mol. The predicted octanol–water partition coefficient (Wildman–Crippen LogP) is 2.67. The minimum absolute atomic E-state index is 0.0127. The number of phenols is 1. The van der Waals surface area contributed by atoms with Crippen LogP contribution in [0, 0.1) is 10.1 Å². The molecule has 2 aromatic rings. The molecular formula is C15H13NO6. The fraction of sp³-hybridized carbons (Fsp3) is 0.133. The van der Waals surface area contributed by atoms with Crippen LogP contribution in [-0.4, -0.2) is 23.1 Å². The number of carbonyl (C=O) groups is 1. The van der Waals surface area contributed by atoms with Crippen molar-refractivity contribution in [1.29, 1.82) is 0 Å². The van der Waals surface area contributed by atoms with Gasteiger partial charge < -0.3 is 14.6 Å². The predicted molar refractivity (Wildman–Crippen MR) is 76.9 cm³/mol. The molecule has 0 aliphatic rings. The van der Waals surface area contributed by atoms with E-state index in [9.17, 15) is 20.0 Å². The van der Waals surface area contributed by atoms with Crippen molar-refractivity contribution in [2.24, 2.45) is 0 Å². The molecule has 0 bridgehead atoms. The van der Waals surface area contributed by atoms with E-state index in [4.69, 9.17) is 9.47 Å². The number of phenolic OH excluding ortho intramolecular Hbond substituents is 1. The molecule has 0 radical (unpaired) electrons. The van der Waals surface area contributed by atoms with E-state index in [0.29, 0.717) is 11.3 Å². The number of rotatable bonds is 5. The molecule has 0 unspecified atom stereocenters. The summed E-state index contributed by atoms with van der Waals surface area (Å²) in [5.74, 6) is -0.510. The lowest BCUT2D eigenvalue weighted by molar-refractivity contribution is -0.384. The Morgan fingerprint density at radius 3 is 2.50 bits per heavy atom. The van der Waals surface area contributed by atoms with Crippen LogP contribution in [0.1, 0.15) is 15.9 Å². The van der Waals surface area contributed by atoms with Crippen molar-refractivity contribution in [2.75, 3.05) is 7.11 Å². The van der Waals surface area contributed by atoms with Crippen LogP contribution in [0.3, 0.4) is 0 Å². The molecule has 0 saturated carbocycles. The Kier molecular flexibility index (Phi) is 4.57. The summed E-state index contributed by atoms with van der Waals surface area (Å²) in [5, 5.41) is 20.2. The summed E-state index contributed by atoms with van der Waals surface area (Å²) in [6, 6.07) is 9.86. The minimum atomic E-state index is -0.713. The zero-order valence-corrected chi connectivity index (χ0v) is 11.7. The Hall–Kier alpha value is -3.09. The second-order valence-electron chi connectivity index (χ2n) is 4.38. The Labute approximate surface area is 125 Å². The molecule has 2 rings (SSSR count). The van der Waals surface area contributed by atoms with Gasteiger partial charge in [-0.2, -0.15) is 0 Å². The van der Waals surface area contributed by atoms with Gasteiger partial charge in [-0.05, 0) is 35.9 Å². The van der Waals surface area contributed by atoms with Crippen molar-refractivity contribution in [3.8, 4) is 11.5 Å². The second-order valence-corrected chi connectivity index (χ2v) is 4.38. The number of esters is 1. The van der Waals surface area contributed by atoms with E-state index in [1.54, 1.807) is 0 Å². The number of non-ortho nitro benzene ring substituents is 1. The van der Waals surface area contributed by atoms with Crippen LogP contribution in [-0.2, 0) is 11.3 Å². The Morgan fingerprint density at radius 2 is 1.91 bits per heavy atom. The van der Waals surface area contributed by atoms with Crippen molar-refractivity contribution >= 4 is 11.7 Å². The highest BCUT2D eigenvalue weighted by Gasteiger charge is 2.14. The third-order valence-corrected chi connectivity index (χ3v) is 2.94. The first-order valence-corrected chi connectivity index (χ1v) is 6.28. The SMILES string of the molecule is COc1ccc(O)c(C(=O)OCc2ccc([N+](=O)[O-])cc2)c1. The lowest BCUT2D eigenvalue weighted by Gasteiger charge is -2.08. The van der Waals surface area contributed by atoms with E-state index in [0.717, 1.165) is 0 Å². The van der Waals surface area contributed by atoms with Gasteiger partial charge in [-0.3, -0.25) is 10.1 Å². The number of nitro benzene ring substituents is 1. The van der Waals surface area contributed by atoms with Gasteiger partial charge in [-0.1, -0.05) is 0 Å². The van der Waals surface area contributed by atoms with Gasteiger partial charge in [0.1, 0.15) is 23.7 Å². The van der Waals surface area contributed by atoms with Crippen molar-refractivity contribution in [3.05, 3.63) is 63.7 Å². The Bertz CT molecular complexity index is 696. The zero-order chi connectivity index (χ0) is 16.1. The maximum absolute atomic E-state index is 11.9. The number of methoxy groups -OCH3 is 1. The summed E-state index contributed by atoms with van der Waals surface area (Å²) in [5.41, 5.74) is 0.545. The minimum Gasteiger partial charge on any atom is -0.507 e. The molecule has 0 aliphatic heterocycles. The molecule has 0 heterocycles. The van der Waals surface area contributed by atoms with Crippen molar-refractivity contribution in [3.63, 3.8) is 0 Å². The van der Waals surface area contributed by atoms with Gasteiger partial charge in [-0.15, -0.1) is 0 Å². The summed E-state index contributed by atoms with van der Waals surface area (Å²) < 4.78 is 10.0. The quantitative estimate of drug-likeness (QED) is 0.518. The fourth-order valence-electron chi connectivity index (χ4n) is 1.75. The third-order valence-electron chi connectivity index (χ3n) is 2.94. The summed E-state index contributed by atoms with van der Waals surface area (Å²) in [4.78, 5) is 22.0. The number of nitro groups is 1. The molecular weight excluding hydrogens is 290 g/mol. The maximum atomic E-state index is 11.9. The van der Waals surface area contributed by atoms with Gasteiger partial charge in [0, 0.05) is 12.1 Å². The third kappa shape index (κ3) is 3.51. The number of benzene rings is 2. The smallest absolute Gasteiger partial charge is 0.342 e. The molecule has 114 valence electrons. The van der Waals surface area contributed by atoms with Crippen LogP contribution < -0.4 is 4.74 Å². The molecule has 0 amide bonds. The van der Waals surface area contributed by atoms with E-state index in [1.165, 1.54) is 49.6 Å². The largest absolute Gasteiger partial charge is 0.507 e. The molecule has 7 nitrogen and oxygen atoms in total. The van der Waals surface area contributed by atoms with E-state index in [1.807, 2.05) is 0 Å². The van der Waals surface area contributed by atoms with Gasteiger partial charge in [0.15, 0.2) is 0 Å². The van der Waals surface area contributed by atoms with Gasteiger partial charge in [0.2, 0.25) is 0 Å². The average molecular weight is 303 g/mol. The van der Waals surface area contributed by atoms with Gasteiger partial charge in [0.25, 0.3) is 5.69 Å². The molecule has 0 aliphatic carbocycles. The highest BCUT2D eigenvalue weighted by molar-refractivity contribution is 5.92. The van der Waals surface area contributed by atoms with Crippen LogP contribution in [0.5, 0.6) is 11.5 Å². The first-order valence-electron chi connectivity index (χ1n) is 6.28. The zero-order valence-electron chi connectivity index (χ0n) is 11.7. The lowest BCUT2D eigenvalue weighted by atomic mass is 10.2. The van der Waals surface area contributed by atoms with E-state index in [2.05, 4.69) is 0 Å². The van der Waals surface area contributed by atoms with E-state index >= 15 is 0 Å². The van der Waals surface area contributed by atoms with Crippen molar-refractivity contribution < 1.29 is 24.3 Å². The van der Waals surface area contributed by atoms with Crippen LogP contribution in [0.2, 0.25) is 0 Å². The second kappa shape index (κ2) is 6.57. The van der Waals surface area contributed by atoms with Crippen molar-refractivity contribution in [2.45, 2.75) is 6.61 Å². The number of ether oxygens (including phenoxy) is 2. The molecule has 0 saturated heterocycles. The standard InChI is InChI=1S/C15H13NO6/c1-21-12-6-7-14(17)13(8-12)15(18)22-9-10-2-4-11(5-3-10)16(19)20/h2-8,17H,9H2,1H3. The highest BCUT2D eigenvalue weighted by atomic mass is 16.6. The topological polar surface area (TPSA) is 98.9 Å². The first-order chi connectivity index (χ1) is 10.5. The number of aromatic hydroxyl groups is 1. The van der Waals surface area contributed by atoms with Gasteiger partial charge in [0.05, 0.1) is 12.0 Å². The van der Waals surface area contributed by atoms with Gasteiger partial charge >= 0.3 is 5.97 Å². The molecule has 7 heteroatoms. The summed E-state index contributed by atoms with van der Waals surface area (Å²) in [6.07, 6.45) is 0. The number of hydrogen-bond acceptors (Lipinski definition) is 6. The van der Waals surface area contributed by atoms with E-state index < -0.39 is 10.9 Å². The maximum Gasteiger partial charge on any atom is 0.342 e. The molecule has 0 atom stereocenters. The van der Waals surface area contributed by atoms with Crippen molar-refractivity contribution in [1.82, 2.24) is 0 Å². The average Bonchev–Trinajstić information content (AvgIpc) is 2.53. The van der Waals surface area contributed by atoms with Crippen LogP contribution in [0.25, 0.3) is 0 Å². The molecule has 22 heavy (non-hydrogen) atoms. The van der Waals surface area contributed by atoms with E-state index in [-0.39, 0.29) is 23.6 Å². The lowest BCUT2D eigenvalue weighted by Crippen LogP contribution is -2.06. The fourth-order valence-corrected chi connectivity index (χ4v) is 1.75. The number of hydrogen-bond donors (Lipinski definition) is 1. The highest BCUT2D eigenvalue weighted by Crippen LogP contribution is 2.24. The molecule has 0 fully saturated rings. The summed E-state index contributed by atoms with van der Waals surface area (Å²) >= 11 is 0. The Balaban J connectivity index is 2.05. The summed E-state index contributed by atoms with van der Waals surface area (Å²) in [6.45, 7) is -0.0620. The Morgan fingerprint density at radius 1 is 1.23 bits per heavy atom. The number of nitrogens with zero attached hydrogens (tertiary/aromatic N) is 1. The van der Waals surface area contributed by atoms with Gasteiger partial charge in [-0.25, -0.2) is 4.79 Å². The molecule has 0 spiro atoms. The van der Waals surface area contributed by atoms with Crippen LogP contribution in [0.15, 0.2) is 42.5 Å². The van der Waals surface area contributed by atoms with Crippen LogP contribution in [0.4, 0.5) is 5.69 Å². The molecule has 0 aromatic heterocycles. The first kappa shape index (κ1) is 15.3. The molecule has 1 N–H and O–H groups in total. The summed E-state index contributed by atoms with van der Waals surface area (Å²) in [7, 11) is 1.44. The normalized spacial score (nSPS) is 10.0. The van der Waals surface area contributed by atoms with Crippen LogP contribution >= 0.6 is 0 Å². The number of carbonyl (C=O) groups excluding carboxylic acids is 1.